The van der Waals surface area contributed by atoms with E-state index < -0.39 is 117 Å². The molecular formula is C75H132N4O25. The smallest absolute Gasteiger partial charge is 0.220 e. The first-order chi connectivity index (χ1) is 50.1. The minimum absolute atomic E-state index is 0.0307. The first-order valence-corrected chi connectivity index (χ1v) is 39.0. The Bertz CT molecular complexity index is 2190. The number of rotatable bonds is 66. The lowest BCUT2D eigenvalue weighted by Gasteiger charge is -2.40. The molecular weight excluding hydrogens is 1360 g/mol. The minimum Gasteiger partial charge on any atom is -0.394 e. The Labute approximate surface area is 616 Å². The topological polar surface area (TPSA) is 445 Å². The van der Waals surface area contributed by atoms with Gasteiger partial charge in [0.05, 0.1) is 77.8 Å². The van der Waals surface area contributed by atoms with E-state index in [1.807, 2.05) is 0 Å². The monoisotopic (exact) mass is 1490 g/mol. The number of amides is 1. The molecule has 0 aromatic rings. The summed E-state index contributed by atoms with van der Waals surface area (Å²) in [6.45, 7) is 4.78. The molecule has 1 amide bonds. The van der Waals surface area contributed by atoms with Crippen molar-refractivity contribution in [2.45, 2.75) is 331 Å². The number of nitrogens with zero attached hydrogens (tertiary/aromatic N) is 3. The van der Waals surface area contributed by atoms with Gasteiger partial charge >= 0.3 is 0 Å². The molecule has 10 N–H and O–H groups in total. The van der Waals surface area contributed by atoms with Crippen molar-refractivity contribution in [2.75, 3.05) is 85.8 Å². The number of carbonyl (C=O) groups excluding carboxylic acids is 7. The number of Topliss-reactive ketones (excluding diaryl/α,β-unsaturated/α-hetero) is 6. The van der Waals surface area contributed by atoms with Crippen LogP contribution in [0.15, 0.2) is 5.11 Å². The average Bonchev–Trinajstić information content (AvgIpc) is 0.852. The quantitative estimate of drug-likeness (QED) is 0.0128. The van der Waals surface area contributed by atoms with Crippen molar-refractivity contribution in [1.29, 1.82) is 0 Å². The molecule has 0 bridgehead atoms. The van der Waals surface area contributed by atoms with Crippen LogP contribution in [0.2, 0.25) is 0 Å². The molecule has 3 heterocycles. The zero-order chi connectivity index (χ0) is 76.3. The van der Waals surface area contributed by atoms with Gasteiger partial charge in [0.1, 0.15) is 76.9 Å². The summed E-state index contributed by atoms with van der Waals surface area (Å²) in [5.41, 5.74) is 7.25. The largest absolute Gasteiger partial charge is 0.394 e. The van der Waals surface area contributed by atoms with Crippen LogP contribution < -0.4 is 5.32 Å². The van der Waals surface area contributed by atoms with Gasteiger partial charge in [0.15, 0.2) is 18.9 Å². The van der Waals surface area contributed by atoms with E-state index in [4.69, 9.17) is 48.2 Å². The van der Waals surface area contributed by atoms with E-state index in [0.29, 0.717) is 148 Å². The first-order valence-electron chi connectivity index (χ1n) is 39.0. The van der Waals surface area contributed by atoms with E-state index in [2.05, 4.69) is 15.3 Å². The van der Waals surface area contributed by atoms with Crippen LogP contribution in [-0.4, -0.2) is 252 Å². The zero-order valence-corrected chi connectivity index (χ0v) is 62.7. The molecule has 3 saturated heterocycles. The van der Waals surface area contributed by atoms with E-state index in [9.17, 15) is 79.5 Å². The van der Waals surface area contributed by atoms with E-state index in [0.717, 1.165) is 44.9 Å². The van der Waals surface area contributed by atoms with Crippen LogP contribution in [0.1, 0.15) is 252 Å². The van der Waals surface area contributed by atoms with Crippen molar-refractivity contribution < 1.29 is 122 Å². The number of ketones is 6. The summed E-state index contributed by atoms with van der Waals surface area (Å²) < 4.78 is 52.6. The van der Waals surface area contributed by atoms with Crippen molar-refractivity contribution in [1.82, 2.24) is 5.32 Å². The standard InChI is InChI=1S/C75H132N4O25/c1-53-66(90)69(93)62(47-80)102-72(53)99-41-24-20-33-56(83)27-13-10-16-30-59(86)37-44-96-50-75(78-65(89)36-19-8-6-4-5-7-9-23-40-77-79-76,51-97-45-38-60(87)31-17-11-14-28-57(84)34-21-25-42-100-73-54(2)67(91)70(94)63(48-81)103-73)52-98-46-39-61(88)32-18-12-15-29-58(85)35-22-26-43-101-74-55(3)68(92)71(95)64(49-82)104-74/h53-55,62-64,66-74,80-82,90-95H,4-52H2,1-3H3,(H,78,89). The molecule has 3 rings (SSSR count). The van der Waals surface area contributed by atoms with Gasteiger partial charge in [-0.2, -0.15) is 0 Å². The second-order valence-corrected chi connectivity index (χ2v) is 28.9. The van der Waals surface area contributed by atoms with Crippen molar-refractivity contribution in [3.63, 3.8) is 0 Å². The second kappa shape index (κ2) is 57.2. The van der Waals surface area contributed by atoms with E-state index in [-0.39, 0.29) is 145 Å². The molecule has 3 fully saturated rings. The molecule has 0 aliphatic carbocycles. The van der Waals surface area contributed by atoms with Crippen LogP contribution >= 0.6 is 0 Å². The number of carbonyl (C=O) groups is 7. The third-order valence-corrected chi connectivity index (χ3v) is 19.8. The molecule has 29 heteroatoms. The molecule has 0 spiro atoms. The fourth-order valence-electron chi connectivity index (χ4n) is 12.8. The number of hydrogen-bond donors (Lipinski definition) is 10. The SMILES string of the molecule is CC1C(OCCCCC(=O)CCCCCC(=O)CCOCC(COCCC(=O)CCCCCC(=O)CCCCOC2OC(CO)C(O)C(O)C2C)(COCCC(=O)CCCCCC(=O)CCCCOC2OC(CO)C(O)C(O)C2C)NC(=O)CCCCCCCCCCN=[N+]=[N-])OC(CO)C(O)C1O. The number of ether oxygens (including phenoxy) is 9. The van der Waals surface area contributed by atoms with Gasteiger partial charge in [-0.3, -0.25) is 33.6 Å². The summed E-state index contributed by atoms with van der Waals surface area (Å²) in [6, 6.07) is 0. The molecule has 602 valence electrons. The van der Waals surface area contributed by atoms with E-state index in [1.165, 1.54) is 0 Å². The predicted molar refractivity (Wildman–Crippen MR) is 382 cm³/mol. The lowest BCUT2D eigenvalue weighted by molar-refractivity contribution is -0.282. The van der Waals surface area contributed by atoms with Gasteiger partial charge in [-0.25, -0.2) is 0 Å². The predicted octanol–water partition coefficient (Wildman–Crippen LogP) is 6.93. The van der Waals surface area contributed by atoms with Crippen LogP contribution in [0, 0.1) is 17.8 Å². The number of aliphatic hydroxyl groups excluding tert-OH is 9. The fraction of sp³-hybridized carbons (Fsp3) is 0.907. The van der Waals surface area contributed by atoms with Crippen molar-refractivity contribution in [3.05, 3.63) is 10.4 Å². The molecule has 0 aromatic carbocycles. The van der Waals surface area contributed by atoms with Crippen LogP contribution in [-0.2, 0) is 76.2 Å². The Morgan fingerprint density at radius 1 is 0.356 bits per heavy atom. The fourth-order valence-corrected chi connectivity index (χ4v) is 12.8. The zero-order valence-electron chi connectivity index (χ0n) is 62.7. The van der Waals surface area contributed by atoms with Crippen LogP contribution in [0.25, 0.3) is 10.4 Å². The highest BCUT2D eigenvalue weighted by Crippen LogP contribution is 2.30. The Balaban J connectivity index is 1.51. The molecule has 0 saturated carbocycles. The molecule has 0 radical (unpaired) electrons. The van der Waals surface area contributed by atoms with Gasteiger partial charge in [0, 0.05) is 133 Å². The van der Waals surface area contributed by atoms with Crippen molar-refractivity contribution >= 4 is 40.6 Å². The highest BCUT2D eigenvalue weighted by Gasteiger charge is 2.45. The molecule has 104 heavy (non-hydrogen) atoms. The van der Waals surface area contributed by atoms with Gasteiger partial charge in [-0.15, -0.1) is 0 Å². The van der Waals surface area contributed by atoms with Gasteiger partial charge < -0.3 is 93.9 Å². The highest BCUT2D eigenvalue weighted by atomic mass is 16.7. The Kier molecular flexibility index (Phi) is 51.9. The maximum absolute atomic E-state index is 13.9. The van der Waals surface area contributed by atoms with Gasteiger partial charge in [-0.05, 0) is 95.4 Å². The minimum atomic E-state index is -1.28. The third kappa shape index (κ3) is 40.0. The van der Waals surface area contributed by atoms with Crippen LogP contribution in [0.4, 0.5) is 0 Å². The number of azide groups is 1. The van der Waals surface area contributed by atoms with Crippen molar-refractivity contribution in [3.8, 4) is 0 Å². The number of unbranched alkanes of at least 4 members (excludes halogenated alkanes) is 16. The first kappa shape index (κ1) is 94.3. The highest BCUT2D eigenvalue weighted by molar-refractivity contribution is 5.80. The Morgan fingerprint density at radius 3 is 0.894 bits per heavy atom. The number of hydrogen-bond acceptors (Lipinski definition) is 26. The van der Waals surface area contributed by atoms with Crippen LogP contribution in [0.3, 0.4) is 0 Å². The number of nitrogens with one attached hydrogen (secondary N) is 1. The summed E-state index contributed by atoms with van der Waals surface area (Å²) in [5.74, 6) is -1.56. The third-order valence-electron chi connectivity index (χ3n) is 19.8. The summed E-state index contributed by atoms with van der Waals surface area (Å²) in [5, 5.41) is 96.3. The Hall–Kier alpha value is -3.92. The number of aliphatic hydroxyl groups is 9. The lowest BCUT2D eigenvalue weighted by Crippen LogP contribution is -2.58. The maximum atomic E-state index is 13.9. The average molecular weight is 1490 g/mol. The summed E-state index contributed by atoms with van der Waals surface area (Å²) in [6.07, 6.45) is 7.86. The maximum Gasteiger partial charge on any atom is 0.220 e. The Morgan fingerprint density at radius 2 is 0.606 bits per heavy atom. The molecule has 15 atom stereocenters. The normalized spacial score (nSPS) is 25.4. The van der Waals surface area contributed by atoms with Crippen molar-refractivity contribution in [2.24, 2.45) is 22.9 Å². The second-order valence-electron chi connectivity index (χ2n) is 28.9. The molecule has 0 aromatic heterocycles. The summed E-state index contributed by atoms with van der Waals surface area (Å²) in [7, 11) is 0. The summed E-state index contributed by atoms with van der Waals surface area (Å²) in [4.78, 5) is 94.2. The molecule has 3 aliphatic rings. The lowest BCUT2D eigenvalue weighted by atomic mass is 9.92. The van der Waals surface area contributed by atoms with Crippen LogP contribution in [0.5, 0.6) is 0 Å². The van der Waals surface area contributed by atoms with E-state index >= 15 is 0 Å². The summed E-state index contributed by atoms with van der Waals surface area (Å²) >= 11 is 0. The molecule has 15 unspecified atom stereocenters. The molecule has 29 nitrogen and oxygen atoms in total. The van der Waals surface area contributed by atoms with Gasteiger partial charge in [0.2, 0.25) is 5.91 Å². The van der Waals surface area contributed by atoms with E-state index in [1.54, 1.807) is 20.8 Å². The van der Waals surface area contributed by atoms with Gasteiger partial charge in [0.25, 0.3) is 0 Å². The van der Waals surface area contributed by atoms with Gasteiger partial charge in [-0.1, -0.05) is 83.7 Å². The molecule has 3 aliphatic heterocycles.